The minimum Gasteiger partial charge on any atom is -0.374 e. The fraction of sp³-hybridized carbons (Fsp3) is 0.565. The highest BCUT2D eigenvalue weighted by atomic mass is 19.1. The molecule has 0 fully saturated rings. The van der Waals surface area contributed by atoms with E-state index in [4.69, 9.17) is 4.99 Å². The van der Waals surface area contributed by atoms with E-state index in [2.05, 4.69) is 39.5 Å². The maximum absolute atomic E-state index is 13.8. The average Bonchev–Trinajstić information content (AvgIpc) is 2.70. The second-order valence-corrected chi connectivity index (χ2v) is 7.82. The van der Waals surface area contributed by atoms with Crippen molar-refractivity contribution in [2.24, 2.45) is 9.98 Å². The number of aliphatic imine (C=N–C) groups is 2. The average molecular weight is 417 g/mol. The van der Waals surface area contributed by atoms with Crippen LogP contribution in [-0.4, -0.2) is 63.8 Å². The lowest BCUT2D eigenvalue weighted by atomic mass is 10.0. The maximum atomic E-state index is 13.8. The summed E-state index contributed by atoms with van der Waals surface area (Å²) in [4.78, 5) is 13.9. The van der Waals surface area contributed by atoms with Gasteiger partial charge in [-0.25, -0.2) is 9.38 Å². The van der Waals surface area contributed by atoms with Crippen molar-refractivity contribution in [3.05, 3.63) is 41.1 Å². The van der Waals surface area contributed by atoms with E-state index >= 15 is 0 Å². The quantitative estimate of drug-likeness (QED) is 0.368. The fourth-order valence-corrected chi connectivity index (χ4v) is 3.67. The third-order valence-electron chi connectivity index (χ3n) is 5.07. The number of hydrogen-bond donors (Lipinski definition) is 2. The van der Waals surface area contributed by atoms with Gasteiger partial charge in [-0.15, -0.1) is 0 Å². The Kier molecular flexibility index (Phi) is 9.30. The number of nitrogens with one attached hydrogen (secondary N) is 2. The first-order valence-electron chi connectivity index (χ1n) is 10.8. The van der Waals surface area contributed by atoms with Crippen LogP contribution in [0.3, 0.4) is 0 Å². The molecular weight excluding hydrogens is 379 g/mol. The van der Waals surface area contributed by atoms with Gasteiger partial charge in [0.2, 0.25) is 0 Å². The molecule has 2 rings (SSSR count). The van der Waals surface area contributed by atoms with Crippen LogP contribution in [0, 0.1) is 5.82 Å². The molecule has 0 bridgehead atoms. The number of nitrogens with zero attached hydrogens (tertiary/aromatic N) is 4. The first kappa shape index (κ1) is 23.9. The van der Waals surface area contributed by atoms with E-state index in [1.807, 2.05) is 33.9 Å². The summed E-state index contributed by atoms with van der Waals surface area (Å²) in [6.07, 6.45) is 2.89. The standard InChI is InChI=1S/C23H37FN6/c1-7-26-17(2)22(28-18(3)27-13-9-14-29(5)6)23(25-4)30-15-8-10-19-16-20(24)11-12-21(19)30/h11-12,16,25H,7-10,13-15H2,1-6H3,(H,27,28)/b23-22?,26-17-. The Morgan fingerprint density at radius 1 is 1.27 bits per heavy atom. The Bertz CT molecular complexity index is 797. The summed E-state index contributed by atoms with van der Waals surface area (Å²) < 4.78 is 13.8. The lowest BCUT2D eigenvalue weighted by Crippen LogP contribution is -2.36. The van der Waals surface area contributed by atoms with Crippen LogP contribution in [0.4, 0.5) is 10.1 Å². The number of rotatable bonds is 9. The molecule has 0 saturated heterocycles. The Labute approximate surface area is 181 Å². The second kappa shape index (κ2) is 11.7. The van der Waals surface area contributed by atoms with Crippen LogP contribution in [0.25, 0.3) is 0 Å². The normalized spacial score (nSPS) is 15.8. The molecule has 1 aliphatic rings. The Balaban J connectivity index is 2.40. The molecule has 0 aliphatic carbocycles. The summed E-state index contributed by atoms with van der Waals surface area (Å²) in [6, 6.07) is 5.03. The van der Waals surface area contributed by atoms with Gasteiger partial charge in [0.1, 0.15) is 17.3 Å². The van der Waals surface area contributed by atoms with Gasteiger partial charge in [-0.1, -0.05) is 0 Å². The first-order valence-corrected chi connectivity index (χ1v) is 10.8. The molecule has 166 valence electrons. The number of anilines is 1. The van der Waals surface area contributed by atoms with Crippen molar-refractivity contribution in [2.45, 2.75) is 40.0 Å². The van der Waals surface area contributed by atoms with Crippen molar-refractivity contribution in [1.29, 1.82) is 0 Å². The van der Waals surface area contributed by atoms with Gasteiger partial charge in [0, 0.05) is 32.4 Å². The molecule has 1 aromatic carbocycles. The zero-order valence-corrected chi connectivity index (χ0v) is 19.3. The molecule has 7 heteroatoms. The summed E-state index contributed by atoms with van der Waals surface area (Å²) >= 11 is 0. The minimum atomic E-state index is -0.190. The molecule has 0 saturated carbocycles. The van der Waals surface area contributed by atoms with Gasteiger partial charge in [-0.3, -0.25) is 4.99 Å². The lowest BCUT2D eigenvalue weighted by Gasteiger charge is -2.34. The number of allylic oxidation sites excluding steroid dienone is 1. The number of aryl methyl sites for hydroxylation is 1. The first-order chi connectivity index (χ1) is 14.4. The third kappa shape index (κ3) is 6.55. The zero-order valence-electron chi connectivity index (χ0n) is 19.3. The summed E-state index contributed by atoms with van der Waals surface area (Å²) in [5, 5.41) is 6.76. The zero-order chi connectivity index (χ0) is 22.1. The monoisotopic (exact) mass is 416 g/mol. The number of fused-ring (bicyclic) bond motifs is 1. The van der Waals surface area contributed by atoms with Crippen molar-refractivity contribution in [1.82, 2.24) is 15.5 Å². The summed E-state index contributed by atoms with van der Waals surface area (Å²) in [7, 11) is 6.06. The largest absolute Gasteiger partial charge is 0.374 e. The molecule has 0 amide bonds. The van der Waals surface area contributed by atoms with Gasteiger partial charge in [-0.2, -0.15) is 0 Å². The van der Waals surface area contributed by atoms with Crippen LogP contribution in [0.5, 0.6) is 0 Å². The molecule has 0 spiro atoms. The van der Waals surface area contributed by atoms with Crippen LogP contribution >= 0.6 is 0 Å². The highest BCUT2D eigenvalue weighted by molar-refractivity contribution is 6.01. The molecule has 30 heavy (non-hydrogen) atoms. The predicted octanol–water partition coefficient (Wildman–Crippen LogP) is 3.41. The van der Waals surface area contributed by atoms with Crippen LogP contribution in [0.15, 0.2) is 39.7 Å². The van der Waals surface area contributed by atoms with E-state index in [9.17, 15) is 4.39 Å². The third-order valence-corrected chi connectivity index (χ3v) is 5.07. The van der Waals surface area contributed by atoms with Gasteiger partial charge in [0.15, 0.2) is 0 Å². The highest BCUT2D eigenvalue weighted by Crippen LogP contribution is 2.31. The van der Waals surface area contributed by atoms with Gasteiger partial charge in [0.05, 0.1) is 11.5 Å². The summed E-state index contributed by atoms with van der Waals surface area (Å²) in [5.74, 6) is 1.57. The van der Waals surface area contributed by atoms with Crippen molar-refractivity contribution in [3.63, 3.8) is 0 Å². The van der Waals surface area contributed by atoms with Crippen molar-refractivity contribution in [3.8, 4) is 0 Å². The van der Waals surface area contributed by atoms with E-state index in [1.165, 1.54) is 6.07 Å². The van der Waals surface area contributed by atoms with E-state index in [-0.39, 0.29) is 5.82 Å². The predicted molar refractivity (Wildman–Crippen MR) is 126 cm³/mol. The molecule has 6 nitrogen and oxygen atoms in total. The summed E-state index contributed by atoms with van der Waals surface area (Å²) in [5.41, 5.74) is 3.75. The number of halogens is 1. The SMILES string of the molecule is CC/N=C(/C)C(/N=C(\C)NCCCN(C)C)=C(NC)N1CCCc2cc(F)ccc21. The van der Waals surface area contributed by atoms with Gasteiger partial charge >= 0.3 is 0 Å². The lowest BCUT2D eigenvalue weighted by molar-refractivity contribution is 0.400. The number of hydrogen-bond acceptors (Lipinski definition) is 5. The van der Waals surface area contributed by atoms with E-state index in [0.29, 0.717) is 6.54 Å². The van der Waals surface area contributed by atoms with E-state index < -0.39 is 0 Å². The van der Waals surface area contributed by atoms with Crippen LogP contribution in [0.2, 0.25) is 0 Å². The van der Waals surface area contributed by atoms with E-state index in [1.54, 1.807) is 6.07 Å². The molecule has 1 heterocycles. The second-order valence-electron chi connectivity index (χ2n) is 7.82. The van der Waals surface area contributed by atoms with Crippen LogP contribution in [-0.2, 0) is 6.42 Å². The molecule has 0 unspecified atom stereocenters. The van der Waals surface area contributed by atoms with Crippen molar-refractivity contribution >= 4 is 17.2 Å². The van der Waals surface area contributed by atoms with Crippen molar-refractivity contribution < 1.29 is 4.39 Å². The van der Waals surface area contributed by atoms with Gasteiger partial charge in [-0.05, 0) is 84.4 Å². The molecule has 0 radical (unpaired) electrons. The van der Waals surface area contributed by atoms with Gasteiger partial charge < -0.3 is 20.4 Å². The molecule has 1 aliphatic heterocycles. The summed E-state index contributed by atoms with van der Waals surface area (Å²) in [6.45, 7) is 9.45. The minimum absolute atomic E-state index is 0.190. The van der Waals surface area contributed by atoms with Crippen LogP contribution < -0.4 is 15.5 Å². The topological polar surface area (TPSA) is 55.3 Å². The molecular formula is C23H37FN6. The molecule has 0 atom stereocenters. The maximum Gasteiger partial charge on any atom is 0.134 e. The van der Waals surface area contributed by atoms with E-state index in [0.717, 1.165) is 73.2 Å². The Morgan fingerprint density at radius 3 is 2.70 bits per heavy atom. The Morgan fingerprint density at radius 2 is 2.03 bits per heavy atom. The van der Waals surface area contributed by atoms with Gasteiger partial charge in [0.25, 0.3) is 0 Å². The molecule has 0 aromatic heterocycles. The molecule has 2 N–H and O–H groups in total. The number of amidine groups is 1. The highest BCUT2D eigenvalue weighted by Gasteiger charge is 2.23. The fourth-order valence-electron chi connectivity index (χ4n) is 3.67. The number of benzene rings is 1. The Hall–Kier alpha value is -2.41. The molecule has 1 aromatic rings. The van der Waals surface area contributed by atoms with Crippen molar-refractivity contribution in [2.75, 3.05) is 52.2 Å². The smallest absolute Gasteiger partial charge is 0.134 e. The van der Waals surface area contributed by atoms with Crippen LogP contribution in [0.1, 0.15) is 39.2 Å².